The number of rotatable bonds is 3. The molecule has 2 aliphatic rings. The van der Waals surface area contributed by atoms with E-state index in [1.54, 1.807) is 14.2 Å². The summed E-state index contributed by atoms with van der Waals surface area (Å²) in [7, 11) is 3.48. The number of hydrogen-bond acceptors (Lipinski definition) is 4. The Balaban J connectivity index is 2.02. The van der Waals surface area contributed by atoms with Gasteiger partial charge in [0.15, 0.2) is 0 Å². The molecule has 4 unspecified atom stereocenters. The van der Waals surface area contributed by atoms with E-state index in [2.05, 4.69) is 18.7 Å². The summed E-state index contributed by atoms with van der Waals surface area (Å²) in [6.07, 6.45) is 3.13. The number of hydrogen-bond donors (Lipinski definition) is 1. The Hall–Kier alpha value is -0.160. The Kier molecular flexibility index (Phi) is 4.32. The lowest BCUT2D eigenvalue weighted by Crippen LogP contribution is -2.48. The van der Waals surface area contributed by atoms with Crippen LogP contribution in [0, 0.1) is 5.41 Å². The molecule has 0 aromatic rings. The van der Waals surface area contributed by atoms with E-state index in [1.165, 1.54) is 0 Å². The fourth-order valence-electron chi connectivity index (χ4n) is 3.40. The summed E-state index contributed by atoms with van der Waals surface area (Å²) in [6, 6.07) is 0.256. The van der Waals surface area contributed by atoms with Gasteiger partial charge in [-0.2, -0.15) is 0 Å². The van der Waals surface area contributed by atoms with E-state index in [-0.39, 0.29) is 24.4 Å². The largest absolute Gasteiger partial charge is 0.391 e. The van der Waals surface area contributed by atoms with Crippen molar-refractivity contribution in [3.05, 3.63) is 0 Å². The smallest absolute Gasteiger partial charge is 0.0971 e. The highest BCUT2D eigenvalue weighted by atomic mass is 16.5. The average molecular weight is 257 g/mol. The highest BCUT2D eigenvalue weighted by Gasteiger charge is 2.42. The number of likely N-dealkylation sites (tertiary alicyclic amines) is 1. The van der Waals surface area contributed by atoms with Crippen molar-refractivity contribution >= 4 is 0 Å². The molecule has 0 aromatic heterocycles. The van der Waals surface area contributed by atoms with Gasteiger partial charge in [-0.25, -0.2) is 0 Å². The van der Waals surface area contributed by atoms with E-state index in [1.807, 2.05) is 0 Å². The number of aliphatic hydroxyl groups is 1. The maximum absolute atomic E-state index is 10.3. The summed E-state index contributed by atoms with van der Waals surface area (Å²) in [4.78, 5) is 2.36. The van der Waals surface area contributed by atoms with Crippen LogP contribution in [-0.2, 0) is 9.47 Å². The molecule has 0 bridgehead atoms. The van der Waals surface area contributed by atoms with Gasteiger partial charge in [0, 0.05) is 33.4 Å². The van der Waals surface area contributed by atoms with Gasteiger partial charge in [-0.3, -0.25) is 4.90 Å². The molecule has 1 heterocycles. The van der Waals surface area contributed by atoms with E-state index in [0.717, 1.165) is 32.4 Å². The van der Waals surface area contributed by atoms with Crippen molar-refractivity contribution in [2.24, 2.45) is 5.41 Å². The third kappa shape index (κ3) is 2.87. The van der Waals surface area contributed by atoms with Crippen LogP contribution < -0.4 is 0 Å². The fraction of sp³-hybridized carbons (Fsp3) is 1.00. The predicted octanol–water partition coefficient (Wildman–Crippen LogP) is 1.27. The van der Waals surface area contributed by atoms with Crippen molar-refractivity contribution in [3.63, 3.8) is 0 Å². The first-order valence-electron chi connectivity index (χ1n) is 6.94. The van der Waals surface area contributed by atoms with Crippen LogP contribution in [0.2, 0.25) is 0 Å². The zero-order valence-electron chi connectivity index (χ0n) is 12.1. The van der Waals surface area contributed by atoms with E-state index in [0.29, 0.717) is 5.41 Å². The molecular weight excluding hydrogens is 230 g/mol. The first kappa shape index (κ1) is 14.3. The van der Waals surface area contributed by atoms with E-state index in [4.69, 9.17) is 9.47 Å². The number of methoxy groups -OCH3 is 2. The maximum atomic E-state index is 10.3. The molecule has 1 saturated heterocycles. The lowest BCUT2D eigenvalue weighted by molar-refractivity contribution is -0.0144. The summed E-state index contributed by atoms with van der Waals surface area (Å²) in [5.41, 5.74) is 0.331. The molecule has 4 heteroatoms. The third-order valence-corrected chi connectivity index (χ3v) is 4.64. The van der Waals surface area contributed by atoms with Crippen LogP contribution in [0.4, 0.5) is 0 Å². The van der Waals surface area contributed by atoms with Gasteiger partial charge >= 0.3 is 0 Å². The van der Waals surface area contributed by atoms with Gasteiger partial charge in [0.25, 0.3) is 0 Å². The van der Waals surface area contributed by atoms with Crippen molar-refractivity contribution in [2.45, 2.75) is 57.5 Å². The minimum Gasteiger partial charge on any atom is -0.391 e. The zero-order valence-corrected chi connectivity index (χ0v) is 12.1. The molecule has 0 amide bonds. The zero-order chi connectivity index (χ0) is 13.3. The van der Waals surface area contributed by atoms with Gasteiger partial charge in [-0.15, -0.1) is 0 Å². The summed E-state index contributed by atoms with van der Waals surface area (Å²) < 4.78 is 10.9. The van der Waals surface area contributed by atoms with Crippen LogP contribution in [-0.4, -0.2) is 61.7 Å². The minimum absolute atomic E-state index is 0.132. The second-order valence-corrected chi connectivity index (χ2v) is 6.54. The van der Waals surface area contributed by atoms with Crippen LogP contribution in [0.1, 0.15) is 33.1 Å². The van der Waals surface area contributed by atoms with Gasteiger partial charge in [0.2, 0.25) is 0 Å². The van der Waals surface area contributed by atoms with Crippen LogP contribution in [0.5, 0.6) is 0 Å². The standard InChI is InChI=1S/C14H27NO3/c1-14(2)6-5-11(16)10(7-14)15-8-12(17-3)13(9-15)18-4/h10-13,16H,5-9H2,1-4H3. The van der Waals surface area contributed by atoms with Gasteiger partial charge < -0.3 is 14.6 Å². The van der Waals surface area contributed by atoms with Gasteiger partial charge in [-0.05, 0) is 24.7 Å². The molecule has 0 radical (unpaired) electrons. The molecule has 4 nitrogen and oxygen atoms in total. The Morgan fingerprint density at radius 1 is 1.11 bits per heavy atom. The topological polar surface area (TPSA) is 41.9 Å². The van der Waals surface area contributed by atoms with Crippen LogP contribution >= 0.6 is 0 Å². The predicted molar refractivity (Wildman–Crippen MR) is 70.6 cm³/mol. The van der Waals surface area contributed by atoms with Gasteiger partial charge in [0.05, 0.1) is 18.3 Å². The van der Waals surface area contributed by atoms with Crippen LogP contribution in [0.25, 0.3) is 0 Å². The molecule has 1 N–H and O–H groups in total. The maximum Gasteiger partial charge on any atom is 0.0971 e. The quantitative estimate of drug-likeness (QED) is 0.827. The lowest BCUT2D eigenvalue weighted by Gasteiger charge is -2.42. The molecule has 0 aromatic carbocycles. The number of nitrogens with zero attached hydrogens (tertiary/aromatic N) is 1. The Bertz CT molecular complexity index is 270. The van der Waals surface area contributed by atoms with Crippen LogP contribution in [0.3, 0.4) is 0 Å². The summed E-state index contributed by atoms with van der Waals surface area (Å²) in [5.74, 6) is 0. The SMILES string of the molecule is COC1CN(C2CC(C)(C)CCC2O)CC1OC. The fourth-order valence-corrected chi connectivity index (χ4v) is 3.40. The highest BCUT2D eigenvalue weighted by Crippen LogP contribution is 2.38. The second-order valence-electron chi connectivity index (χ2n) is 6.54. The Morgan fingerprint density at radius 2 is 1.67 bits per heavy atom. The molecule has 18 heavy (non-hydrogen) atoms. The number of aliphatic hydroxyl groups excluding tert-OH is 1. The summed E-state index contributed by atoms with van der Waals surface area (Å²) in [5, 5.41) is 10.3. The third-order valence-electron chi connectivity index (χ3n) is 4.64. The van der Waals surface area contributed by atoms with E-state index in [9.17, 15) is 5.11 Å². The molecule has 1 aliphatic heterocycles. The molecule has 2 fully saturated rings. The van der Waals surface area contributed by atoms with Gasteiger partial charge in [0.1, 0.15) is 0 Å². The van der Waals surface area contributed by atoms with Crippen molar-refractivity contribution in [1.29, 1.82) is 0 Å². The molecule has 2 rings (SSSR count). The Morgan fingerprint density at radius 3 is 2.17 bits per heavy atom. The van der Waals surface area contributed by atoms with Crippen molar-refractivity contribution in [2.75, 3.05) is 27.3 Å². The Labute approximate surface area is 110 Å². The molecule has 0 spiro atoms. The highest BCUT2D eigenvalue weighted by molar-refractivity contribution is 4.96. The normalized spacial score (nSPS) is 41.2. The minimum atomic E-state index is -0.203. The summed E-state index contributed by atoms with van der Waals surface area (Å²) >= 11 is 0. The molecule has 1 saturated carbocycles. The first-order valence-corrected chi connectivity index (χ1v) is 6.94. The molecular formula is C14H27NO3. The first-order chi connectivity index (χ1) is 8.46. The summed E-state index contributed by atoms with van der Waals surface area (Å²) in [6.45, 7) is 6.33. The molecule has 4 atom stereocenters. The average Bonchev–Trinajstić information content (AvgIpc) is 2.75. The van der Waals surface area contributed by atoms with Crippen molar-refractivity contribution in [3.8, 4) is 0 Å². The molecule has 1 aliphatic carbocycles. The van der Waals surface area contributed by atoms with E-state index >= 15 is 0 Å². The van der Waals surface area contributed by atoms with Crippen LogP contribution in [0.15, 0.2) is 0 Å². The number of ether oxygens (including phenoxy) is 2. The molecule has 106 valence electrons. The van der Waals surface area contributed by atoms with E-state index < -0.39 is 0 Å². The van der Waals surface area contributed by atoms with Crippen molar-refractivity contribution in [1.82, 2.24) is 4.90 Å². The second kappa shape index (κ2) is 5.45. The van der Waals surface area contributed by atoms with Crippen molar-refractivity contribution < 1.29 is 14.6 Å². The monoisotopic (exact) mass is 257 g/mol. The lowest BCUT2D eigenvalue weighted by atomic mass is 9.73. The van der Waals surface area contributed by atoms with Gasteiger partial charge in [-0.1, -0.05) is 13.8 Å².